The molecule has 0 bridgehead atoms. The number of halogens is 4. The van der Waals surface area contributed by atoms with Crippen LogP contribution in [-0.2, 0) is 22.4 Å². The maximum atomic E-state index is 8.41. The first-order chi connectivity index (χ1) is 6.93. The summed E-state index contributed by atoms with van der Waals surface area (Å²) in [7, 11) is -11.4. The van der Waals surface area contributed by atoms with Gasteiger partial charge in [0.05, 0.1) is 43.1 Å². The normalized spacial score (nSPS) is 8.00. The Balaban J connectivity index is -0.0000000257. The molecule has 0 spiro atoms. The first-order valence-corrected chi connectivity index (χ1v) is 5.55. The molecule has 0 saturated carbocycles. The van der Waals surface area contributed by atoms with Crippen molar-refractivity contribution >= 4 is 0 Å². The van der Waals surface area contributed by atoms with Gasteiger partial charge in [-0.2, -0.15) is 0 Å². The van der Waals surface area contributed by atoms with E-state index in [1.165, 1.54) is 0 Å². The Labute approximate surface area is 149 Å². The zero-order valence-electron chi connectivity index (χ0n) is 7.71. The molecular formula is AuCl4NaO12. The Morgan fingerprint density at radius 1 is 0.333 bits per heavy atom. The van der Waals surface area contributed by atoms with Crippen molar-refractivity contribution in [3.8, 4) is 0 Å². The van der Waals surface area contributed by atoms with Crippen molar-refractivity contribution in [3.63, 3.8) is 0 Å². The SMILES string of the molecule is [Au+3].[Na+].[O-][Cl+2]([O-])[O-].[O-][Cl+2]([O-])[O-].[O-][Cl+2]([O-])[O-].[O-][Cl+2]([O-])[O-]. The minimum atomic E-state index is -2.85. The van der Waals surface area contributed by atoms with Gasteiger partial charge in [-0.25, -0.2) is 0 Å². The summed E-state index contributed by atoms with van der Waals surface area (Å²) in [6.07, 6.45) is 0. The molecule has 0 atom stereocenters. The molecule has 0 heterocycles. The van der Waals surface area contributed by atoms with Crippen LogP contribution in [-0.4, -0.2) is 0 Å². The molecule has 0 amide bonds. The van der Waals surface area contributed by atoms with Gasteiger partial charge in [0, 0.05) is 0 Å². The third kappa shape index (κ3) is 954. The van der Waals surface area contributed by atoms with E-state index in [1.54, 1.807) is 0 Å². The van der Waals surface area contributed by atoms with Crippen molar-refractivity contribution < 1.29 is 151 Å². The Morgan fingerprint density at radius 2 is 0.333 bits per heavy atom. The van der Waals surface area contributed by atoms with Crippen LogP contribution in [0.3, 0.4) is 0 Å². The molecule has 0 aliphatic heterocycles. The van der Waals surface area contributed by atoms with Crippen LogP contribution in [0.2, 0.25) is 0 Å². The van der Waals surface area contributed by atoms with E-state index in [0.29, 0.717) is 0 Å². The van der Waals surface area contributed by atoms with Crippen molar-refractivity contribution in [2.24, 2.45) is 0 Å². The molecule has 0 saturated heterocycles. The van der Waals surface area contributed by atoms with Gasteiger partial charge in [0.2, 0.25) is 0 Å². The smallest absolute Gasteiger partial charge is 0.357 e. The van der Waals surface area contributed by atoms with Gasteiger partial charge in [-0.05, 0) is 0 Å². The van der Waals surface area contributed by atoms with E-state index in [4.69, 9.17) is 55.9 Å². The first kappa shape index (κ1) is 37.0. The second-order valence-electron chi connectivity index (χ2n) is 0.756. The molecule has 12 nitrogen and oxygen atoms in total. The number of hydrogen-bond acceptors (Lipinski definition) is 12. The molecule has 0 aromatic carbocycles. The third-order valence-electron chi connectivity index (χ3n) is 0. The molecule has 112 valence electrons. The topological polar surface area (TPSA) is 277 Å². The summed E-state index contributed by atoms with van der Waals surface area (Å²) in [6.45, 7) is 0. The van der Waals surface area contributed by atoms with E-state index >= 15 is 0 Å². The molecule has 0 aromatic rings. The molecule has 0 unspecified atom stereocenters. The van der Waals surface area contributed by atoms with Crippen LogP contribution in [0.1, 0.15) is 0 Å². The predicted octanol–water partition coefficient (Wildman–Crippen LogP) is -17.3. The van der Waals surface area contributed by atoms with Crippen LogP contribution in [0.5, 0.6) is 0 Å². The largest absolute Gasteiger partial charge is 3.00 e. The Bertz CT molecular complexity index is 67.1. The standard InChI is InChI=1S/Au.4ClO3.Na/c;4*2-1(3)4;/q+3;4*-1;+1. The molecule has 0 fully saturated rings. The zero-order chi connectivity index (χ0) is 14.3. The van der Waals surface area contributed by atoms with Gasteiger partial charge in [0.1, 0.15) is 0 Å². The third-order valence-corrected chi connectivity index (χ3v) is 0. The van der Waals surface area contributed by atoms with Gasteiger partial charge in [0.15, 0.2) is 0 Å². The molecule has 0 aliphatic carbocycles. The van der Waals surface area contributed by atoms with Gasteiger partial charge in [0.25, 0.3) is 0 Å². The van der Waals surface area contributed by atoms with E-state index in [-0.39, 0.29) is 51.9 Å². The van der Waals surface area contributed by atoms with E-state index in [2.05, 4.69) is 0 Å². The summed E-state index contributed by atoms with van der Waals surface area (Å²) >= 11 is 0. The van der Waals surface area contributed by atoms with E-state index < -0.39 is 43.1 Å². The monoisotopic (exact) mass is 552 g/mol. The Hall–Kier alpha value is 2.42. The summed E-state index contributed by atoms with van der Waals surface area (Å²) in [6, 6.07) is 0. The van der Waals surface area contributed by atoms with Gasteiger partial charge < -0.3 is 55.9 Å². The quantitative estimate of drug-likeness (QED) is 0.253. The zero-order valence-corrected chi connectivity index (χ0v) is 14.9. The molecule has 0 aromatic heterocycles. The molecule has 18 heavy (non-hydrogen) atoms. The van der Waals surface area contributed by atoms with E-state index in [1.807, 2.05) is 0 Å². The fourth-order valence-electron chi connectivity index (χ4n) is 0. The van der Waals surface area contributed by atoms with Crippen LogP contribution in [0.25, 0.3) is 0 Å². The van der Waals surface area contributed by atoms with Gasteiger partial charge >= 0.3 is 51.9 Å². The second kappa shape index (κ2) is 31.7. The van der Waals surface area contributed by atoms with Crippen LogP contribution in [0, 0.1) is 43.1 Å². The summed E-state index contributed by atoms with van der Waals surface area (Å²) in [5, 5.41) is 0. The van der Waals surface area contributed by atoms with Crippen molar-refractivity contribution in [3.05, 3.63) is 0 Å². The van der Waals surface area contributed by atoms with Gasteiger partial charge in [-0.1, -0.05) is 0 Å². The summed E-state index contributed by atoms with van der Waals surface area (Å²) in [4.78, 5) is 0. The molecule has 18 heteroatoms. The number of rotatable bonds is 0. The summed E-state index contributed by atoms with van der Waals surface area (Å²) in [5.41, 5.74) is 0. The van der Waals surface area contributed by atoms with Crippen molar-refractivity contribution in [2.45, 2.75) is 0 Å². The van der Waals surface area contributed by atoms with Crippen molar-refractivity contribution in [2.75, 3.05) is 0 Å². The van der Waals surface area contributed by atoms with Gasteiger partial charge in [-0.15, -0.1) is 0 Å². The molecule has 0 radical (unpaired) electrons. The predicted molar refractivity (Wildman–Crippen MR) is 0 cm³/mol. The minimum absolute atomic E-state index is 0. The van der Waals surface area contributed by atoms with Crippen molar-refractivity contribution in [1.82, 2.24) is 0 Å². The maximum Gasteiger partial charge on any atom is 3.00 e. The molecular weight excluding hydrogens is 554 g/mol. The molecule has 0 rings (SSSR count). The average molecular weight is 554 g/mol. The number of hydrogen-bond donors (Lipinski definition) is 0. The van der Waals surface area contributed by atoms with Crippen LogP contribution >= 0.6 is 0 Å². The molecule has 0 aliphatic rings. The van der Waals surface area contributed by atoms with Gasteiger partial charge in [-0.3, -0.25) is 0 Å². The first-order valence-electron chi connectivity index (χ1n) is 1.85. The van der Waals surface area contributed by atoms with Crippen LogP contribution in [0.15, 0.2) is 0 Å². The average Bonchev–Trinajstić information content (AvgIpc) is 1.76. The summed E-state index contributed by atoms with van der Waals surface area (Å²) in [5.74, 6) is 0. The van der Waals surface area contributed by atoms with E-state index in [0.717, 1.165) is 0 Å². The summed E-state index contributed by atoms with van der Waals surface area (Å²) < 4.78 is 101. The fourth-order valence-corrected chi connectivity index (χ4v) is 0. The second-order valence-corrected chi connectivity index (χ2v) is 2.27. The Kier molecular flexibility index (Phi) is 65.2. The van der Waals surface area contributed by atoms with E-state index in [9.17, 15) is 0 Å². The van der Waals surface area contributed by atoms with Crippen molar-refractivity contribution in [1.29, 1.82) is 0 Å². The Morgan fingerprint density at radius 3 is 0.333 bits per heavy atom. The van der Waals surface area contributed by atoms with Crippen LogP contribution < -0.4 is 85.5 Å². The minimum Gasteiger partial charge on any atom is -0.357 e. The maximum absolute atomic E-state index is 8.41. The fraction of sp³-hybridized carbons (Fsp3) is 0. The molecule has 0 N–H and O–H groups in total. The van der Waals surface area contributed by atoms with Crippen LogP contribution in [0.4, 0.5) is 0 Å².